The van der Waals surface area contributed by atoms with Gasteiger partial charge in [-0.15, -0.1) is 11.8 Å². The molecule has 19 heavy (non-hydrogen) atoms. The Morgan fingerprint density at radius 3 is 2.68 bits per heavy atom. The molecule has 1 aromatic rings. The van der Waals surface area contributed by atoms with Crippen molar-refractivity contribution in [2.45, 2.75) is 31.2 Å². The predicted molar refractivity (Wildman–Crippen MR) is 80.6 cm³/mol. The molecule has 2 N–H and O–H groups in total. The fourth-order valence-corrected chi connectivity index (χ4v) is 2.77. The van der Waals surface area contributed by atoms with E-state index < -0.39 is 0 Å². The van der Waals surface area contributed by atoms with Crippen LogP contribution in [0.1, 0.15) is 20.3 Å². The Kier molecular flexibility index (Phi) is 7.28. The van der Waals surface area contributed by atoms with Crippen molar-refractivity contribution in [3.8, 4) is 0 Å². The molecule has 0 aliphatic heterocycles. The quantitative estimate of drug-likeness (QED) is 0.761. The molecule has 1 atom stereocenters. The van der Waals surface area contributed by atoms with Crippen LogP contribution in [0.25, 0.3) is 0 Å². The SMILES string of the molecule is CC(C)CC(CO)NC(=O)CSc1ccccc1Cl. The van der Waals surface area contributed by atoms with E-state index in [9.17, 15) is 9.90 Å². The number of aliphatic hydroxyl groups is 1. The second kappa shape index (κ2) is 8.46. The Balaban J connectivity index is 2.41. The molecule has 0 saturated heterocycles. The first-order valence-electron chi connectivity index (χ1n) is 6.30. The van der Waals surface area contributed by atoms with Gasteiger partial charge in [0.25, 0.3) is 0 Å². The lowest BCUT2D eigenvalue weighted by atomic mass is 10.0. The van der Waals surface area contributed by atoms with E-state index in [0.29, 0.717) is 16.7 Å². The highest BCUT2D eigenvalue weighted by Gasteiger charge is 2.13. The Bertz CT molecular complexity index is 412. The van der Waals surface area contributed by atoms with E-state index in [1.54, 1.807) is 6.07 Å². The zero-order valence-electron chi connectivity index (χ0n) is 11.2. The van der Waals surface area contributed by atoms with E-state index in [1.165, 1.54) is 11.8 Å². The smallest absolute Gasteiger partial charge is 0.230 e. The maximum absolute atomic E-state index is 11.8. The summed E-state index contributed by atoms with van der Waals surface area (Å²) in [6.07, 6.45) is 0.777. The molecule has 1 unspecified atom stereocenters. The van der Waals surface area contributed by atoms with Gasteiger partial charge in [-0.05, 0) is 24.5 Å². The molecule has 1 aromatic carbocycles. The average molecular weight is 302 g/mol. The Hall–Kier alpha value is -0.710. The van der Waals surface area contributed by atoms with E-state index in [-0.39, 0.29) is 18.6 Å². The van der Waals surface area contributed by atoms with Gasteiger partial charge in [0, 0.05) is 4.90 Å². The minimum absolute atomic E-state index is 0.0271. The number of hydrogen-bond donors (Lipinski definition) is 2. The summed E-state index contributed by atoms with van der Waals surface area (Å²) < 4.78 is 0. The summed E-state index contributed by atoms with van der Waals surface area (Å²) in [7, 11) is 0. The first-order chi connectivity index (χ1) is 9.02. The molecule has 0 fully saturated rings. The van der Waals surface area contributed by atoms with Crippen molar-refractivity contribution in [1.82, 2.24) is 5.32 Å². The summed E-state index contributed by atoms with van der Waals surface area (Å²) in [4.78, 5) is 12.7. The standard InChI is InChI=1S/C14H20ClNO2S/c1-10(2)7-11(8-17)16-14(18)9-19-13-6-4-3-5-12(13)15/h3-6,10-11,17H,7-9H2,1-2H3,(H,16,18). The van der Waals surface area contributed by atoms with E-state index in [0.717, 1.165) is 11.3 Å². The predicted octanol–water partition coefficient (Wildman–Crippen LogP) is 2.96. The highest BCUT2D eigenvalue weighted by Crippen LogP contribution is 2.26. The van der Waals surface area contributed by atoms with Crippen LogP contribution in [0.3, 0.4) is 0 Å². The van der Waals surface area contributed by atoms with Crippen molar-refractivity contribution in [1.29, 1.82) is 0 Å². The Morgan fingerprint density at radius 1 is 1.42 bits per heavy atom. The van der Waals surface area contributed by atoms with Gasteiger partial charge in [-0.25, -0.2) is 0 Å². The summed E-state index contributed by atoms with van der Waals surface area (Å²) in [5.41, 5.74) is 0. The number of halogens is 1. The molecule has 0 aliphatic carbocycles. The van der Waals surface area contributed by atoms with Crippen molar-refractivity contribution < 1.29 is 9.90 Å². The Morgan fingerprint density at radius 2 is 2.11 bits per heavy atom. The van der Waals surface area contributed by atoms with Crippen molar-refractivity contribution >= 4 is 29.3 Å². The summed E-state index contributed by atoms with van der Waals surface area (Å²) in [5, 5.41) is 12.7. The molecule has 0 saturated carbocycles. The number of aliphatic hydroxyl groups excluding tert-OH is 1. The lowest BCUT2D eigenvalue weighted by Gasteiger charge is -2.18. The molecule has 1 rings (SSSR count). The van der Waals surface area contributed by atoms with Crippen LogP contribution in [0.5, 0.6) is 0 Å². The highest BCUT2D eigenvalue weighted by molar-refractivity contribution is 8.00. The number of thioether (sulfide) groups is 1. The van der Waals surface area contributed by atoms with Gasteiger partial charge in [0.1, 0.15) is 0 Å². The first kappa shape index (κ1) is 16.3. The van der Waals surface area contributed by atoms with Crippen molar-refractivity contribution in [2.24, 2.45) is 5.92 Å². The topological polar surface area (TPSA) is 49.3 Å². The molecular weight excluding hydrogens is 282 g/mol. The molecule has 106 valence electrons. The van der Waals surface area contributed by atoms with Crippen LogP contribution in [0.2, 0.25) is 5.02 Å². The molecule has 0 bridgehead atoms. The number of benzene rings is 1. The van der Waals surface area contributed by atoms with E-state index in [4.69, 9.17) is 11.6 Å². The largest absolute Gasteiger partial charge is 0.394 e. The number of amides is 1. The van der Waals surface area contributed by atoms with Crippen molar-refractivity contribution in [3.63, 3.8) is 0 Å². The summed E-state index contributed by atoms with van der Waals surface area (Å²) in [6, 6.07) is 7.27. The molecule has 0 radical (unpaired) electrons. The Labute approximate surface area is 123 Å². The average Bonchev–Trinajstić information content (AvgIpc) is 2.36. The van der Waals surface area contributed by atoms with Crippen molar-refractivity contribution in [2.75, 3.05) is 12.4 Å². The second-order valence-corrected chi connectivity index (χ2v) is 6.22. The van der Waals surface area contributed by atoms with Crippen LogP contribution in [-0.4, -0.2) is 29.4 Å². The summed E-state index contributed by atoms with van der Waals surface area (Å²) in [5.74, 6) is 0.663. The minimum Gasteiger partial charge on any atom is -0.394 e. The lowest BCUT2D eigenvalue weighted by Crippen LogP contribution is -2.39. The van der Waals surface area contributed by atoms with Gasteiger partial charge in [-0.2, -0.15) is 0 Å². The monoisotopic (exact) mass is 301 g/mol. The van der Waals surface area contributed by atoms with Crippen LogP contribution >= 0.6 is 23.4 Å². The highest BCUT2D eigenvalue weighted by atomic mass is 35.5. The van der Waals surface area contributed by atoms with E-state index in [1.807, 2.05) is 18.2 Å². The third kappa shape index (κ3) is 6.32. The molecule has 5 heteroatoms. The molecule has 3 nitrogen and oxygen atoms in total. The van der Waals surface area contributed by atoms with Crippen LogP contribution in [-0.2, 0) is 4.79 Å². The number of carbonyl (C=O) groups excluding carboxylic acids is 1. The van der Waals surface area contributed by atoms with Gasteiger partial charge in [0.05, 0.1) is 23.4 Å². The molecule has 0 spiro atoms. The van der Waals surface area contributed by atoms with Gasteiger partial charge in [0.2, 0.25) is 5.91 Å². The normalized spacial score (nSPS) is 12.5. The maximum atomic E-state index is 11.8. The second-order valence-electron chi connectivity index (χ2n) is 4.80. The van der Waals surface area contributed by atoms with E-state index >= 15 is 0 Å². The third-order valence-electron chi connectivity index (χ3n) is 2.54. The van der Waals surface area contributed by atoms with Crippen LogP contribution < -0.4 is 5.32 Å². The van der Waals surface area contributed by atoms with Gasteiger partial charge < -0.3 is 10.4 Å². The zero-order valence-corrected chi connectivity index (χ0v) is 12.8. The van der Waals surface area contributed by atoms with Gasteiger partial charge >= 0.3 is 0 Å². The summed E-state index contributed by atoms with van der Waals surface area (Å²) >= 11 is 7.42. The minimum atomic E-state index is -0.167. The molecule has 0 heterocycles. The number of nitrogens with one attached hydrogen (secondary N) is 1. The van der Waals surface area contributed by atoms with Crippen LogP contribution in [0, 0.1) is 5.92 Å². The number of carbonyl (C=O) groups is 1. The zero-order chi connectivity index (χ0) is 14.3. The van der Waals surface area contributed by atoms with Crippen LogP contribution in [0.15, 0.2) is 29.2 Å². The molecule has 0 aliphatic rings. The third-order valence-corrected chi connectivity index (χ3v) is 4.05. The fourth-order valence-electron chi connectivity index (χ4n) is 1.72. The van der Waals surface area contributed by atoms with Crippen LogP contribution in [0.4, 0.5) is 0 Å². The maximum Gasteiger partial charge on any atom is 0.230 e. The fraction of sp³-hybridized carbons (Fsp3) is 0.500. The van der Waals surface area contributed by atoms with Gasteiger partial charge in [-0.3, -0.25) is 4.79 Å². The molecule has 1 amide bonds. The van der Waals surface area contributed by atoms with Gasteiger partial charge in [-0.1, -0.05) is 37.6 Å². The number of hydrogen-bond acceptors (Lipinski definition) is 3. The molecular formula is C14H20ClNO2S. The van der Waals surface area contributed by atoms with Gasteiger partial charge in [0.15, 0.2) is 0 Å². The van der Waals surface area contributed by atoms with Crippen molar-refractivity contribution in [3.05, 3.63) is 29.3 Å². The first-order valence-corrected chi connectivity index (χ1v) is 7.66. The lowest BCUT2D eigenvalue weighted by molar-refractivity contribution is -0.119. The molecule has 0 aromatic heterocycles. The summed E-state index contributed by atoms with van der Waals surface area (Å²) in [6.45, 7) is 4.10. The van der Waals surface area contributed by atoms with E-state index in [2.05, 4.69) is 19.2 Å². The number of rotatable bonds is 7.